The molecule has 3 nitrogen and oxygen atoms in total. The second-order valence-electron chi connectivity index (χ2n) is 4.84. The first-order valence-electron chi connectivity index (χ1n) is 6.49. The van der Waals surface area contributed by atoms with E-state index in [0.29, 0.717) is 27.9 Å². The highest BCUT2D eigenvalue weighted by atomic mass is 35.5. The molecule has 0 saturated heterocycles. The number of Topliss-reactive ketones (excluding diaryl/α,β-unsaturated/α-hetero) is 1. The van der Waals surface area contributed by atoms with Crippen LogP contribution in [0.5, 0.6) is 0 Å². The molecule has 0 saturated carbocycles. The zero-order valence-corrected chi connectivity index (χ0v) is 12.2. The summed E-state index contributed by atoms with van der Waals surface area (Å²) in [5.41, 5.74) is 2.25. The van der Waals surface area contributed by atoms with Gasteiger partial charge in [-0.3, -0.25) is 4.79 Å². The Morgan fingerprint density at radius 1 is 1.00 bits per heavy atom. The lowest BCUT2D eigenvalue weighted by Crippen LogP contribution is -2.05. The van der Waals surface area contributed by atoms with E-state index in [0.717, 1.165) is 30.5 Å². The molecule has 0 unspecified atom stereocenters. The Hall–Kier alpha value is -1.45. The van der Waals surface area contributed by atoms with Gasteiger partial charge in [0.15, 0.2) is 11.6 Å². The Morgan fingerprint density at radius 3 is 2.45 bits per heavy atom. The zero-order chi connectivity index (χ0) is 14.1. The molecule has 0 spiro atoms. The molecule has 0 aliphatic heterocycles. The van der Waals surface area contributed by atoms with Crippen molar-refractivity contribution < 1.29 is 4.79 Å². The average molecular weight is 307 g/mol. The fourth-order valence-corrected chi connectivity index (χ4v) is 2.90. The van der Waals surface area contributed by atoms with Crippen molar-refractivity contribution in [3.05, 3.63) is 45.7 Å². The predicted molar refractivity (Wildman–Crippen MR) is 79.4 cm³/mol. The van der Waals surface area contributed by atoms with E-state index in [1.807, 2.05) is 0 Å². The number of ketones is 1. The lowest BCUT2D eigenvalue weighted by atomic mass is 10.1. The number of hydrogen-bond acceptors (Lipinski definition) is 3. The highest BCUT2D eigenvalue weighted by Crippen LogP contribution is 2.26. The van der Waals surface area contributed by atoms with Gasteiger partial charge in [0.1, 0.15) is 0 Å². The van der Waals surface area contributed by atoms with Gasteiger partial charge in [-0.25, -0.2) is 9.97 Å². The molecule has 0 bridgehead atoms. The van der Waals surface area contributed by atoms with E-state index in [4.69, 9.17) is 23.2 Å². The van der Waals surface area contributed by atoms with Crippen LogP contribution in [-0.4, -0.2) is 15.8 Å². The first-order chi connectivity index (χ1) is 9.63. The molecule has 1 aliphatic rings. The van der Waals surface area contributed by atoms with Crippen molar-refractivity contribution in [3.63, 3.8) is 0 Å². The standard InChI is InChI=1S/C15H12Cl2N2O/c16-10-5-9(6-11(17)7-10)15-18-8-12-13(19-15)3-1-2-4-14(12)20/h5-8H,1-4H2. The van der Waals surface area contributed by atoms with Crippen molar-refractivity contribution in [2.45, 2.75) is 25.7 Å². The van der Waals surface area contributed by atoms with E-state index in [2.05, 4.69) is 9.97 Å². The Bertz CT molecular complexity index is 665. The number of benzene rings is 1. The number of aromatic nitrogens is 2. The third-order valence-corrected chi connectivity index (χ3v) is 3.79. The van der Waals surface area contributed by atoms with Crippen molar-refractivity contribution in [1.82, 2.24) is 9.97 Å². The SMILES string of the molecule is O=C1CCCCc2nc(-c3cc(Cl)cc(Cl)c3)ncc21. The molecule has 1 aliphatic carbocycles. The number of carbonyl (C=O) groups excluding carboxylic acids is 1. The van der Waals surface area contributed by atoms with Crippen molar-refractivity contribution in [3.8, 4) is 11.4 Å². The molecular formula is C15H12Cl2N2O. The molecular weight excluding hydrogens is 295 g/mol. The van der Waals surface area contributed by atoms with Crippen LogP contribution in [0.15, 0.2) is 24.4 Å². The molecule has 0 N–H and O–H groups in total. The summed E-state index contributed by atoms with van der Waals surface area (Å²) in [6.45, 7) is 0. The zero-order valence-electron chi connectivity index (χ0n) is 10.7. The first-order valence-corrected chi connectivity index (χ1v) is 7.24. The normalized spacial score (nSPS) is 14.8. The summed E-state index contributed by atoms with van der Waals surface area (Å²) in [5, 5.41) is 1.09. The summed E-state index contributed by atoms with van der Waals surface area (Å²) >= 11 is 12.0. The number of halogens is 2. The molecule has 0 radical (unpaired) electrons. The summed E-state index contributed by atoms with van der Waals surface area (Å²) in [6.07, 6.45) is 4.91. The molecule has 1 aromatic heterocycles. The molecule has 0 fully saturated rings. The summed E-state index contributed by atoms with van der Waals surface area (Å²) in [5.74, 6) is 0.691. The maximum atomic E-state index is 11.9. The number of rotatable bonds is 1. The van der Waals surface area contributed by atoms with E-state index < -0.39 is 0 Å². The highest BCUT2D eigenvalue weighted by Gasteiger charge is 2.18. The van der Waals surface area contributed by atoms with Crippen LogP contribution >= 0.6 is 23.2 Å². The third-order valence-electron chi connectivity index (χ3n) is 3.36. The van der Waals surface area contributed by atoms with Gasteiger partial charge in [-0.1, -0.05) is 23.2 Å². The minimum absolute atomic E-state index is 0.133. The van der Waals surface area contributed by atoms with E-state index in [1.165, 1.54) is 0 Å². The van der Waals surface area contributed by atoms with Crippen molar-refractivity contribution in [2.75, 3.05) is 0 Å². The van der Waals surface area contributed by atoms with Crippen LogP contribution in [0.4, 0.5) is 0 Å². The lowest BCUT2D eigenvalue weighted by molar-refractivity contribution is 0.0981. The minimum Gasteiger partial charge on any atom is -0.294 e. The van der Waals surface area contributed by atoms with Gasteiger partial charge in [0.25, 0.3) is 0 Å². The smallest absolute Gasteiger partial charge is 0.166 e. The van der Waals surface area contributed by atoms with E-state index >= 15 is 0 Å². The molecule has 3 rings (SSSR count). The molecule has 1 aromatic carbocycles. The minimum atomic E-state index is 0.133. The molecule has 2 aromatic rings. The van der Waals surface area contributed by atoms with Gasteiger partial charge in [0.05, 0.1) is 11.3 Å². The fraction of sp³-hybridized carbons (Fsp3) is 0.267. The highest BCUT2D eigenvalue weighted by molar-refractivity contribution is 6.35. The van der Waals surface area contributed by atoms with Gasteiger partial charge in [-0.2, -0.15) is 0 Å². The molecule has 0 atom stereocenters. The molecule has 102 valence electrons. The number of fused-ring (bicyclic) bond motifs is 1. The maximum Gasteiger partial charge on any atom is 0.166 e. The Labute approximate surface area is 127 Å². The second kappa shape index (κ2) is 5.51. The quantitative estimate of drug-likeness (QED) is 0.735. The van der Waals surface area contributed by atoms with Gasteiger partial charge in [-0.15, -0.1) is 0 Å². The van der Waals surface area contributed by atoms with Crippen LogP contribution in [0.3, 0.4) is 0 Å². The average Bonchev–Trinajstić information content (AvgIpc) is 2.59. The molecule has 20 heavy (non-hydrogen) atoms. The Morgan fingerprint density at radius 2 is 1.70 bits per heavy atom. The predicted octanol–water partition coefficient (Wildman–Crippen LogP) is 4.36. The van der Waals surface area contributed by atoms with Crippen molar-refractivity contribution in [2.24, 2.45) is 0 Å². The van der Waals surface area contributed by atoms with Gasteiger partial charge >= 0.3 is 0 Å². The van der Waals surface area contributed by atoms with Crippen LogP contribution in [0.25, 0.3) is 11.4 Å². The lowest BCUT2D eigenvalue weighted by Gasteiger charge is -2.07. The van der Waals surface area contributed by atoms with Crippen LogP contribution < -0.4 is 0 Å². The van der Waals surface area contributed by atoms with E-state index in [-0.39, 0.29) is 5.78 Å². The summed E-state index contributed by atoms with van der Waals surface area (Å²) in [6, 6.07) is 5.21. The van der Waals surface area contributed by atoms with E-state index in [1.54, 1.807) is 24.4 Å². The van der Waals surface area contributed by atoms with Crippen molar-refractivity contribution >= 4 is 29.0 Å². The van der Waals surface area contributed by atoms with Crippen LogP contribution in [0, 0.1) is 0 Å². The number of aryl methyl sites for hydroxylation is 1. The Balaban J connectivity index is 2.07. The Kier molecular flexibility index (Phi) is 3.72. The molecule has 1 heterocycles. The number of carbonyl (C=O) groups is 1. The van der Waals surface area contributed by atoms with Gasteiger partial charge in [-0.05, 0) is 37.5 Å². The first kappa shape index (κ1) is 13.5. The van der Waals surface area contributed by atoms with Gasteiger partial charge < -0.3 is 0 Å². The van der Waals surface area contributed by atoms with Crippen molar-refractivity contribution in [1.29, 1.82) is 0 Å². The van der Waals surface area contributed by atoms with Gasteiger partial charge in [0, 0.05) is 28.2 Å². The number of hydrogen-bond donors (Lipinski definition) is 0. The largest absolute Gasteiger partial charge is 0.294 e. The topological polar surface area (TPSA) is 42.9 Å². The second-order valence-corrected chi connectivity index (χ2v) is 5.72. The monoisotopic (exact) mass is 306 g/mol. The van der Waals surface area contributed by atoms with Crippen LogP contribution in [0.1, 0.15) is 35.3 Å². The molecule has 0 amide bonds. The fourth-order valence-electron chi connectivity index (χ4n) is 2.38. The summed E-state index contributed by atoms with van der Waals surface area (Å²) in [4.78, 5) is 20.8. The van der Waals surface area contributed by atoms with Gasteiger partial charge in [0.2, 0.25) is 0 Å². The maximum absolute atomic E-state index is 11.9. The third kappa shape index (κ3) is 2.69. The summed E-state index contributed by atoms with van der Waals surface area (Å²) in [7, 11) is 0. The van der Waals surface area contributed by atoms with E-state index in [9.17, 15) is 4.79 Å². The van der Waals surface area contributed by atoms with Crippen LogP contribution in [0.2, 0.25) is 10.0 Å². The molecule has 5 heteroatoms. The summed E-state index contributed by atoms with van der Waals surface area (Å²) < 4.78 is 0. The number of nitrogens with zero attached hydrogens (tertiary/aromatic N) is 2. The van der Waals surface area contributed by atoms with Crippen LogP contribution in [-0.2, 0) is 6.42 Å².